The molecule has 0 aliphatic heterocycles. The maximum absolute atomic E-state index is 12.5. The van der Waals surface area contributed by atoms with Crippen molar-refractivity contribution < 1.29 is 14.3 Å². The first-order valence-corrected chi connectivity index (χ1v) is 6.27. The Balaban J connectivity index is 2.25. The molecule has 0 saturated carbocycles. The second-order valence-corrected chi connectivity index (χ2v) is 4.40. The lowest BCUT2D eigenvalue weighted by atomic mass is 10.1. The van der Waals surface area contributed by atoms with Crippen molar-refractivity contribution in [1.82, 2.24) is 4.98 Å². The molecule has 6 heteroatoms. The Kier molecular flexibility index (Phi) is 4.18. The number of primary amides is 1. The summed E-state index contributed by atoms with van der Waals surface area (Å²) < 4.78 is 4.68. The smallest absolute Gasteiger partial charge is 0.391 e. The van der Waals surface area contributed by atoms with Crippen LogP contribution in [0.4, 0.5) is 10.5 Å². The van der Waals surface area contributed by atoms with Gasteiger partial charge in [0.15, 0.2) is 0 Å². The highest BCUT2D eigenvalue weighted by molar-refractivity contribution is 6.06. The molecule has 2 aromatic rings. The predicted molar refractivity (Wildman–Crippen MR) is 78.4 cm³/mol. The molecule has 2 amide bonds. The van der Waals surface area contributed by atoms with Gasteiger partial charge in [-0.15, -0.1) is 0 Å². The van der Waals surface area contributed by atoms with Crippen molar-refractivity contribution in [3.8, 4) is 5.88 Å². The Bertz CT molecular complexity index is 671. The summed E-state index contributed by atoms with van der Waals surface area (Å²) in [5.41, 5.74) is 6.59. The number of nitrogens with two attached hydrogens (primary N) is 1. The Labute approximate surface area is 122 Å². The number of carbonyl (C=O) groups is 2. The van der Waals surface area contributed by atoms with Gasteiger partial charge in [-0.25, -0.2) is 9.78 Å². The number of carbonyl (C=O) groups excluding carboxylic acids is 2. The van der Waals surface area contributed by atoms with E-state index in [0.29, 0.717) is 11.3 Å². The van der Waals surface area contributed by atoms with Crippen LogP contribution in [-0.2, 0) is 0 Å². The third-order valence-electron chi connectivity index (χ3n) is 2.94. The SMILES string of the molecule is Cc1nc(OC(N)=O)ccc1C(=O)N(C)c1ccccc1. The largest absolute Gasteiger partial charge is 0.411 e. The van der Waals surface area contributed by atoms with Crippen LogP contribution in [0.5, 0.6) is 5.88 Å². The van der Waals surface area contributed by atoms with Gasteiger partial charge in [0.05, 0.1) is 11.3 Å². The Morgan fingerprint density at radius 1 is 1.14 bits per heavy atom. The van der Waals surface area contributed by atoms with Gasteiger partial charge < -0.3 is 15.4 Å². The van der Waals surface area contributed by atoms with Crippen LogP contribution in [0.25, 0.3) is 0 Å². The molecule has 0 unspecified atom stereocenters. The topological polar surface area (TPSA) is 85.5 Å². The van der Waals surface area contributed by atoms with Gasteiger partial charge in [-0.1, -0.05) is 18.2 Å². The zero-order valence-electron chi connectivity index (χ0n) is 11.7. The number of para-hydroxylation sites is 1. The van der Waals surface area contributed by atoms with Crippen molar-refractivity contribution in [2.24, 2.45) is 5.73 Å². The van der Waals surface area contributed by atoms with Gasteiger partial charge in [0, 0.05) is 18.8 Å². The number of hydrogen-bond donors (Lipinski definition) is 1. The van der Waals surface area contributed by atoms with E-state index < -0.39 is 6.09 Å². The average molecular weight is 285 g/mol. The average Bonchev–Trinajstić information content (AvgIpc) is 2.46. The maximum atomic E-state index is 12.5. The van der Waals surface area contributed by atoms with Gasteiger partial charge in [0.2, 0.25) is 5.88 Å². The summed E-state index contributed by atoms with van der Waals surface area (Å²) in [5.74, 6) is -0.129. The highest BCUT2D eigenvalue weighted by Crippen LogP contribution is 2.18. The molecule has 0 atom stereocenters. The lowest BCUT2D eigenvalue weighted by Gasteiger charge is -2.18. The number of aromatic nitrogens is 1. The highest BCUT2D eigenvalue weighted by Gasteiger charge is 2.17. The lowest BCUT2D eigenvalue weighted by Crippen LogP contribution is -2.27. The fourth-order valence-electron chi connectivity index (χ4n) is 1.87. The molecule has 0 radical (unpaired) electrons. The summed E-state index contributed by atoms with van der Waals surface area (Å²) in [6.07, 6.45) is -0.942. The summed E-state index contributed by atoms with van der Waals surface area (Å²) in [5, 5.41) is 0. The number of benzene rings is 1. The first-order chi connectivity index (χ1) is 9.99. The molecule has 0 bridgehead atoms. The highest BCUT2D eigenvalue weighted by atomic mass is 16.6. The predicted octanol–water partition coefficient (Wildman–Crippen LogP) is 2.12. The molecule has 1 aromatic carbocycles. The zero-order valence-corrected chi connectivity index (χ0v) is 11.7. The fraction of sp³-hybridized carbons (Fsp3) is 0.133. The van der Waals surface area contributed by atoms with Gasteiger partial charge >= 0.3 is 6.09 Å². The van der Waals surface area contributed by atoms with E-state index in [1.807, 2.05) is 30.3 Å². The van der Waals surface area contributed by atoms with E-state index in [9.17, 15) is 9.59 Å². The van der Waals surface area contributed by atoms with E-state index in [1.165, 1.54) is 11.0 Å². The van der Waals surface area contributed by atoms with Gasteiger partial charge in [0.1, 0.15) is 0 Å². The molecule has 0 aliphatic carbocycles. The van der Waals surface area contributed by atoms with Crippen molar-refractivity contribution in [3.63, 3.8) is 0 Å². The van der Waals surface area contributed by atoms with E-state index in [-0.39, 0.29) is 11.8 Å². The van der Waals surface area contributed by atoms with Crippen LogP contribution in [0.15, 0.2) is 42.5 Å². The second-order valence-electron chi connectivity index (χ2n) is 4.40. The Hall–Kier alpha value is -2.89. The molecule has 0 spiro atoms. The molecule has 0 aliphatic rings. The molecular weight excluding hydrogens is 270 g/mol. The molecule has 0 saturated heterocycles. The van der Waals surface area contributed by atoms with Crippen LogP contribution in [-0.4, -0.2) is 24.0 Å². The summed E-state index contributed by atoms with van der Waals surface area (Å²) >= 11 is 0. The monoisotopic (exact) mass is 285 g/mol. The van der Waals surface area contributed by atoms with E-state index in [1.54, 1.807) is 20.0 Å². The van der Waals surface area contributed by atoms with Gasteiger partial charge in [-0.3, -0.25) is 4.79 Å². The van der Waals surface area contributed by atoms with Crippen LogP contribution in [0.2, 0.25) is 0 Å². The van der Waals surface area contributed by atoms with Crippen LogP contribution in [0.3, 0.4) is 0 Å². The van der Waals surface area contributed by atoms with Gasteiger partial charge in [0.25, 0.3) is 5.91 Å². The quantitative estimate of drug-likeness (QED) is 0.936. The minimum Gasteiger partial charge on any atom is -0.391 e. The van der Waals surface area contributed by atoms with Crippen LogP contribution >= 0.6 is 0 Å². The Morgan fingerprint density at radius 2 is 1.81 bits per heavy atom. The minimum absolute atomic E-state index is 0.0684. The molecular formula is C15H15N3O3. The van der Waals surface area contributed by atoms with E-state index in [4.69, 9.17) is 5.73 Å². The Morgan fingerprint density at radius 3 is 2.38 bits per heavy atom. The van der Waals surface area contributed by atoms with Crippen molar-refractivity contribution in [3.05, 3.63) is 53.7 Å². The second kappa shape index (κ2) is 6.04. The van der Waals surface area contributed by atoms with Crippen LogP contribution in [0.1, 0.15) is 16.1 Å². The molecule has 1 aromatic heterocycles. The summed E-state index contributed by atoms with van der Waals surface area (Å²) in [6, 6.07) is 12.3. The summed E-state index contributed by atoms with van der Waals surface area (Å²) in [4.78, 5) is 28.7. The molecule has 2 N–H and O–H groups in total. The van der Waals surface area contributed by atoms with Gasteiger partial charge in [-0.05, 0) is 25.1 Å². The van der Waals surface area contributed by atoms with E-state index in [0.717, 1.165) is 5.69 Å². The van der Waals surface area contributed by atoms with Crippen LogP contribution in [0, 0.1) is 6.92 Å². The normalized spacial score (nSPS) is 10.0. The first-order valence-electron chi connectivity index (χ1n) is 6.27. The molecule has 0 fully saturated rings. The standard InChI is InChI=1S/C15H15N3O3/c1-10-12(8-9-13(17-10)21-15(16)20)14(19)18(2)11-6-4-3-5-7-11/h3-9H,1-2H3,(H2,16,20). The first kappa shape index (κ1) is 14.5. The molecule has 6 nitrogen and oxygen atoms in total. The van der Waals surface area contributed by atoms with Crippen molar-refractivity contribution >= 4 is 17.7 Å². The summed E-state index contributed by atoms with van der Waals surface area (Å²) in [6.45, 7) is 1.67. The number of pyridine rings is 1. The zero-order chi connectivity index (χ0) is 15.4. The number of aryl methyl sites for hydroxylation is 1. The minimum atomic E-state index is -0.942. The number of rotatable bonds is 3. The van der Waals surface area contributed by atoms with E-state index >= 15 is 0 Å². The molecule has 108 valence electrons. The molecule has 21 heavy (non-hydrogen) atoms. The van der Waals surface area contributed by atoms with Crippen molar-refractivity contribution in [1.29, 1.82) is 0 Å². The maximum Gasteiger partial charge on any atom is 0.411 e. The third-order valence-corrected chi connectivity index (χ3v) is 2.94. The van der Waals surface area contributed by atoms with E-state index in [2.05, 4.69) is 9.72 Å². The lowest BCUT2D eigenvalue weighted by molar-refractivity contribution is 0.0992. The van der Waals surface area contributed by atoms with Crippen molar-refractivity contribution in [2.45, 2.75) is 6.92 Å². The number of ether oxygens (including phenoxy) is 1. The number of anilines is 1. The molecule has 1 heterocycles. The van der Waals surface area contributed by atoms with Crippen LogP contribution < -0.4 is 15.4 Å². The third kappa shape index (κ3) is 3.36. The van der Waals surface area contributed by atoms with Crippen molar-refractivity contribution in [2.75, 3.05) is 11.9 Å². The van der Waals surface area contributed by atoms with Gasteiger partial charge in [-0.2, -0.15) is 0 Å². The summed E-state index contributed by atoms with van der Waals surface area (Å²) in [7, 11) is 1.69. The fourth-order valence-corrected chi connectivity index (χ4v) is 1.87. The molecule has 2 rings (SSSR count). The number of hydrogen-bond acceptors (Lipinski definition) is 4. The number of amides is 2. The number of nitrogens with zero attached hydrogens (tertiary/aromatic N) is 2.